The molecular formula is C14H15ClN2O5. The third-order valence-corrected chi connectivity index (χ3v) is 2.61. The number of nitrogens with one attached hydrogen (secondary N) is 2. The van der Waals surface area contributed by atoms with Gasteiger partial charge in [0, 0.05) is 11.6 Å². The number of rotatable bonds is 6. The quantitative estimate of drug-likeness (QED) is 0.610. The van der Waals surface area contributed by atoms with Crippen LogP contribution in [0.2, 0.25) is 5.02 Å². The largest absolute Gasteiger partial charge is 0.496 e. The smallest absolute Gasteiger partial charge is 0.342 e. The van der Waals surface area contributed by atoms with Crippen molar-refractivity contribution in [1.82, 2.24) is 10.6 Å². The topological polar surface area (TPSA) is 93.7 Å². The van der Waals surface area contributed by atoms with Crippen LogP contribution in [0.15, 0.2) is 30.9 Å². The van der Waals surface area contributed by atoms with E-state index in [2.05, 4.69) is 11.9 Å². The predicted molar refractivity (Wildman–Crippen MR) is 80.0 cm³/mol. The van der Waals surface area contributed by atoms with E-state index in [0.29, 0.717) is 5.02 Å². The van der Waals surface area contributed by atoms with Crippen LogP contribution in [-0.4, -0.2) is 38.2 Å². The Morgan fingerprint density at radius 3 is 2.73 bits per heavy atom. The lowest BCUT2D eigenvalue weighted by Crippen LogP contribution is -2.41. The zero-order valence-electron chi connectivity index (χ0n) is 11.8. The average molecular weight is 327 g/mol. The van der Waals surface area contributed by atoms with E-state index < -0.39 is 24.5 Å². The standard InChI is InChI=1S/C14H15ClN2O5/c1-3-6-16-14(20)17-12(18)8-22-13(19)10-7-9(15)4-5-11(10)21-2/h3-5,7H,1,6,8H2,2H3,(H2,16,17,18,20). The van der Waals surface area contributed by atoms with Crippen LogP contribution in [0.5, 0.6) is 5.75 Å². The summed E-state index contributed by atoms with van der Waals surface area (Å²) in [6.45, 7) is 3.00. The molecule has 1 aromatic carbocycles. The molecule has 0 saturated carbocycles. The second-order valence-electron chi connectivity index (χ2n) is 3.97. The van der Waals surface area contributed by atoms with Gasteiger partial charge in [0.25, 0.3) is 5.91 Å². The average Bonchev–Trinajstić information content (AvgIpc) is 2.50. The van der Waals surface area contributed by atoms with E-state index in [1.807, 2.05) is 5.32 Å². The lowest BCUT2D eigenvalue weighted by atomic mass is 10.2. The van der Waals surface area contributed by atoms with Gasteiger partial charge in [-0.3, -0.25) is 10.1 Å². The second-order valence-corrected chi connectivity index (χ2v) is 4.40. The van der Waals surface area contributed by atoms with Crippen LogP contribution in [0, 0.1) is 0 Å². The Balaban J connectivity index is 2.55. The highest BCUT2D eigenvalue weighted by atomic mass is 35.5. The summed E-state index contributed by atoms with van der Waals surface area (Å²) in [6.07, 6.45) is 1.45. The molecule has 0 unspecified atom stereocenters. The fourth-order valence-corrected chi connectivity index (χ4v) is 1.59. The number of imide groups is 1. The monoisotopic (exact) mass is 326 g/mol. The molecule has 0 spiro atoms. The SMILES string of the molecule is C=CCNC(=O)NC(=O)COC(=O)c1cc(Cl)ccc1OC. The van der Waals surface area contributed by atoms with Crippen LogP contribution in [0.25, 0.3) is 0 Å². The molecule has 8 heteroatoms. The van der Waals surface area contributed by atoms with Crippen molar-refractivity contribution in [2.75, 3.05) is 20.3 Å². The lowest BCUT2D eigenvalue weighted by molar-refractivity contribution is -0.123. The van der Waals surface area contributed by atoms with E-state index in [0.717, 1.165) is 0 Å². The van der Waals surface area contributed by atoms with Gasteiger partial charge < -0.3 is 14.8 Å². The highest BCUT2D eigenvalue weighted by Crippen LogP contribution is 2.23. The first kappa shape index (κ1) is 17.5. The highest BCUT2D eigenvalue weighted by Gasteiger charge is 2.16. The van der Waals surface area contributed by atoms with E-state index in [9.17, 15) is 14.4 Å². The van der Waals surface area contributed by atoms with Crippen LogP contribution in [0.4, 0.5) is 4.79 Å². The van der Waals surface area contributed by atoms with E-state index >= 15 is 0 Å². The fourth-order valence-electron chi connectivity index (χ4n) is 1.42. The molecule has 0 aliphatic rings. The molecule has 0 atom stereocenters. The molecule has 0 saturated heterocycles. The number of carbonyl (C=O) groups is 3. The van der Waals surface area contributed by atoms with Crippen molar-refractivity contribution in [3.05, 3.63) is 41.4 Å². The van der Waals surface area contributed by atoms with Crippen molar-refractivity contribution in [1.29, 1.82) is 0 Å². The summed E-state index contributed by atoms with van der Waals surface area (Å²) in [5, 5.41) is 4.65. The summed E-state index contributed by atoms with van der Waals surface area (Å²) in [6, 6.07) is 3.70. The minimum Gasteiger partial charge on any atom is -0.496 e. The number of hydrogen-bond donors (Lipinski definition) is 2. The molecule has 0 aliphatic heterocycles. The molecule has 0 radical (unpaired) electrons. The van der Waals surface area contributed by atoms with Crippen LogP contribution in [0.3, 0.4) is 0 Å². The van der Waals surface area contributed by atoms with E-state index in [-0.39, 0.29) is 17.9 Å². The number of esters is 1. The first-order valence-electron chi connectivity index (χ1n) is 6.17. The third kappa shape index (κ3) is 5.45. The van der Waals surface area contributed by atoms with Crippen LogP contribution >= 0.6 is 11.6 Å². The molecule has 0 fully saturated rings. The summed E-state index contributed by atoms with van der Waals surface area (Å²) >= 11 is 5.79. The maximum absolute atomic E-state index is 11.9. The van der Waals surface area contributed by atoms with E-state index in [1.165, 1.54) is 25.3 Å². The number of carbonyl (C=O) groups excluding carboxylic acids is 3. The van der Waals surface area contributed by atoms with Crippen molar-refractivity contribution < 1.29 is 23.9 Å². The number of amides is 3. The maximum atomic E-state index is 11.9. The minimum atomic E-state index is -0.791. The summed E-state index contributed by atoms with van der Waals surface area (Å²) in [4.78, 5) is 34.5. The lowest BCUT2D eigenvalue weighted by Gasteiger charge is -2.09. The van der Waals surface area contributed by atoms with Gasteiger partial charge in [0.1, 0.15) is 11.3 Å². The Hall–Kier alpha value is -2.54. The summed E-state index contributed by atoms with van der Waals surface area (Å²) in [7, 11) is 1.39. The molecule has 22 heavy (non-hydrogen) atoms. The Kier molecular flexibility index (Phi) is 6.91. The molecule has 2 N–H and O–H groups in total. The highest BCUT2D eigenvalue weighted by molar-refractivity contribution is 6.31. The molecule has 1 aromatic rings. The van der Waals surface area contributed by atoms with E-state index in [1.54, 1.807) is 6.07 Å². The molecular weight excluding hydrogens is 312 g/mol. The molecule has 0 heterocycles. The van der Waals surface area contributed by atoms with Crippen molar-refractivity contribution in [2.24, 2.45) is 0 Å². The number of halogens is 1. The van der Waals surface area contributed by atoms with Crippen molar-refractivity contribution in [3.8, 4) is 5.75 Å². The van der Waals surface area contributed by atoms with Gasteiger partial charge in [-0.05, 0) is 18.2 Å². The number of methoxy groups -OCH3 is 1. The predicted octanol–water partition coefficient (Wildman–Crippen LogP) is 1.52. The second kappa shape index (κ2) is 8.68. The number of ether oxygens (including phenoxy) is 2. The summed E-state index contributed by atoms with van der Waals surface area (Å²) in [5.74, 6) is -1.30. The third-order valence-electron chi connectivity index (χ3n) is 2.38. The van der Waals surface area contributed by atoms with Gasteiger partial charge in [-0.2, -0.15) is 0 Å². The van der Waals surface area contributed by atoms with Gasteiger partial charge in [-0.15, -0.1) is 6.58 Å². The van der Waals surface area contributed by atoms with Crippen molar-refractivity contribution >= 4 is 29.5 Å². The summed E-state index contributed by atoms with van der Waals surface area (Å²) in [5.41, 5.74) is 0.0823. The number of benzene rings is 1. The van der Waals surface area contributed by atoms with Gasteiger partial charge in [0.05, 0.1) is 7.11 Å². The number of urea groups is 1. The molecule has 0 bridgehead atoms. The molecule has 3 amide bonds. The van der Waals surface area contributed by atoms with Gasteiger partial charge in [-0.1, -0.05) is 17.7 Å². The van der Waals surface area contributed by atoms with Gasteiger partial charge in [0.2, 0.25) is 0 Å². The Bertz CT molecular complexity index is 589. The normalized spacial score (nSPS) is 9.55. The Morgan fingerprint density at radius 1 is 1.36 bits per heavy atom. The molecule has 1 rings (SSSR count). The molecule has 7 nitrogen and oxygen atoms in total. The first-order valence-corrected chi connectivity index (χ1v) is 6.55. The fraction of sp³-hybridized carbons (Fsp3) is 0.214. The van der Waals surface area contributed by atoms with Crippen LogP contribution in [0.1, 0.15) is 10.4 Å². The number of hydrogen-bond acceptors (Lipinski definition) is 5. The zero-order chi connectivity index (χ0) is 16.5. The minimum absolute atomic E-state index is 0.0823. The summed E-state index contributed by atoms with van der Waals surface area (Å²) < 4.78 is 9.81. The van der Waals surface area contributed by atoms with Gasteiger partial charge >= 0.3 is 12.0 Å². The van der Waals surface area contributed by atoms with E-state index in [4.69, 9.17) is 21.1 Å². The van der Waals surface area contributed by atoms with Crippen molar-refractivity contribution in [3.63, 3.8) is 0 Å². The maximum Gasteiger partial charge on any atom is 0.342 e. The molecule has 118 valence electrons. The van der Waals surface area contributed by atoms with Gasteiger partial charge in [-0.25, -0.2) is 9.59 Å². The Labute approximate surface area is 132 Å². The molecule has 0 aliphatic carbocycles. The first-order chi connectivity index (χ1) is 10.5. The van der Waals surface area contributed by atoms with Gasteiger partial charge in [0.15, 0.2) is 6.61 Å². The zero-order valence-corrected chi connectivity index (χ0v) is 12.6. The molecule has 0 aromatic heterocycles. The van der Waals surface area contributed by atoms with Crippen molar-refractivity contribution in [2.45, 2.75) is 0 Å². The van der Waals surface area contributed by atoms with Crippen LogP contribution in [-0.2, 0) is 9.53 Å². The Morgan fingerprint density at radius 2 is 2.09 bits per heavy atom. The van der Waals surface area contributed by atoms with Crippen LogP contribution < -0.4 is 15.4 Å².